The first-order valence-corrected chi connectivity index (χ1v) is 14.4. The molecule has 1 N–H and O–H groups in total. The summed E-state index contributed by atoms with van der Waals surface area (Å²) in [5, 5.41) is 3.43. The molecule has 0 aromatic heterocycles. The van der Waals surface area contributed by atoms with Crippen molar-refractivity contribution < 1.29 is 18.0 Å². The zero-order valence-electron chi connectivity index (χ0n) is 21.9. The molecule has 3 aromatic rings. The van der Waals surface area contributed by atoms with Crippen LogP contribution in [0.4, 0.5) is 5.69 Å². The Bertz CT molecular complexity index is 1310. The monoisotopic (exact) mass is 555 g/mol. The fourth-order valence-corrected chi connectivity index (χ4v) is 5.43. The maximum absolute atomic E-state index is 13.8. The molecule has 3 aromatic carbocycles. The first kappa shape index (κ1) is 29.2. The van der Waals surface area contributed by atoms with Crippen molar-refractivity contribution in [2.45, 2.75) is 51.1 Å². The molecular weight excluding hydrogens is 522 g/mol. The lowest BCUT2D eigenvalue weighted by Gasteiger charge is -2.32. The molecule has 7 nitrogen and oxygen atoms in total. The predicted molar refractivity (Wildman–Crippen MR) is 152 cm³/mol. The van der Waals surface area contributed by atoms with E-state index in [4.69, 9.17) is 11.6 Å². The molecule has 0 aliphatic heterocycles. The number of unbranched alkanes of at least 4 members (excludes halogenated alkanes) is 1. The number of aryl methyl sites for hydroxylation is 1. The fraction of sp³-hybridized carbons (Fsp3) is 0.310. The van der Waals surface area contributed by atoms with Crippen LogP contribution in [0.1, 0.15) is 37.8 Å². The van der Waals surface area contributed by atoms with Gasteiger partial charge in [-0.2, -0.15) is 0 Å². The molecule has 0 saturated carbocycles. The number of anilines is 1. The van der Waals surface area contributed by atoms with Crippen LogP contribution in [-0.4, -0.2) is 44.3 Å². The van der Waals surface area contributed by atoms with Crippen LogP contribution in [0.25, 0.3) is 0 Å². The van der Waals surface area contributed by atoms with Gasteiger partial charge in [-0.05, 0) is 62.2 Å². The van der Waals surface area contributed by atoms with Crippen molar-refractivity contribution in [3.05, 3.63) is 95.0 Å². The summed E-state index contributed by atoms with van der Waals surface area (Å²) in [5.74, 6) is -0.799. The molecule has 3 rings (SSSR count). The van der Waals surface area contributed by atoms with E-state index in [0.717, 1.165) is 28.3 Å². The summed E-state index contributed by atoms with van der Waals surface area (Å²) < 4.78 is 28.5. The fourth-order valence-electron chi connectivity index (χ4n) is 3.86. The molecule has 0 heterocycles. The van der Waals surface area contributed by atoms with Crippen molar-refractivity contribution in [1.82, 2.24) is 10.2 Å². The molecule has 0 aliphatic carbocycles. The Morgan fingerprint density at radius 3 is 2.18 bits per heavy atom. The number of carbonyl (C=O) groups is 2. The smallest absolute Gasteiger partial charge is 0.264 e. The summed E-state index contributed by atoms with van der Waals surface area (Å²) in [6, 6.07) is 21.1. The van der Waals surface area contributed by atoms with E-state index in [1.807, 2.05) is 13.8 Å². The van der Waals surface area contributed by atoms with E-state index in [1.54, 1.807) is 73.7 Å². The average molecular weight is 556 g/mol. The third-order valence-corrected chi connectivity index (χ3v) is 8.24. The van der Waals surface area contributed by atoms with Crippen LogP contribution in [0, 0.1) is 6.92 Å². The number of nitrogens with zero attached hydrogens (tertiary/aromatic N) is 2. The Hall–Kier alpha value is -3.36. The number of benzene rings is 3. The largest absolute Gasteiger partial charge is 0.354 e. The van der Waals surface area contributed by atoms with Crippen molar-refractivity contribution in [1.29, 1.82) is 0 Å². The van der Waals surface area contributed by atoms with Crippen LogP contribution in [0.3, 0.4) is 0 Å². The molecule has 38 heavy (non-hydrogen) atoms. The number of hydrogen-bond donors (Lipinski definition) is 1. The van der Waals surface area contributed by atoms with Crippen molar-refractivity contribution in [2.75, 3.05) is 17.4 Å². The van der Waals surface area contributed by atoms with E-state index in [-0.39, 0.29) is 17.3 Å². The number of rotatable bonds is 12. The van der Waals surface area contributed by atoms with Gasteiger partial charge in [0, 0.05) is 18.1 Å². The Labute approximate surface area is 230 Å². The quantitative estimate of drug-likeness (QED) is 0.312. The van der Waals surface area contributed by atoms with Crippen LogP contribution < -0.4 is 9.62 Å². The third-order valence-electron chi connectivity index (χ3n) is 6.20. The molecule has 2 amide bonds. The molecule has 0 fully saturated rings. The minimum Gasteiger partial charge on any atom is -0.354 e. The Balaban J connectivity index is 1.97. The first-order valence-electron chi connectivity index (χ1n) is 12.6. The second-order valence-electron chi connectivity index (χ2n) is 9.13. The maximum Gasteiger partial charge on any atom is 0.264 e. The van der Waals surface area contributed by atoms with E-state index in [1.165, 1.54) is 17.0 Å². The zero-order valence-corrected chi connectivity index (χ0v) is 23.5. The number of nitrogens with one attached hydrogen (secondary N) is 1. The van der Waals surface area contributed by atoms with Gasteiger partial charge >= 0.3 is 0 Å². The summed E-state index contributed by atoms with van der Waals surface area (Å²) in [4.78, 5) is 28.3. The Kier molecular flexibility index (Phi) is 10.3. The summed E-state index contributed by atoms with van der Waals surface area (Å²) in [7, 11) is -4.07. The van der Waals surface area contributed by atoms with Crippen molar-refractivity contribution in [2.24, 2.45) is 0 Å². The van der Waals surface area contributed by atoms with E-state index in [9.17, 15) is 18.0 Å². The van der Waals surface area contributed by atoms with Crippen LogP contribution >= 0.6 is 11.6 Å². The van der Waals surface area contributed by atoms with Crippen LogP contribution in [0.2, 0.25) is 5.02 Å². The maximum atomic E-state index is 13.8. The van der Waals surface area contributed by atoms with Gasteiger partial charge in [0.1, 0.15) is 12.6 Å². The number of hydrogen-bond acceptors (Lipinski definition) is 4. The number of amides is 2. The lowest BCUT2D eigenvalue weighted by Crippen LogP contribution is -2.51. The lowest BCUT2D eigenvalue weighted by atomic mass is 10.1. The molecule has 0 aliphatic rings. The van der Waals surface area contributed by atoms with Crippen molar-refractivity contribution in [3.8, 4) is 0 Å². The van der Waals surface area contributed by atoms with E-state index >= 15 is 0 Å². The van der Waals surface area contributed by atoms with Gasteiger partial charge in [-0.25, -0.2) is 8.42 Å². The van der Waals surface area contributed by atoms with Gasteiger partial charge in [0.25, 0.3) is 10.0 Å². The highest BCUT2D eigenvalue weighted by Crippen LogP contribution is 2.25. The van der Waals surface area contributed by atoms with Crippen LogP contribution in [-0.2, 0) is 26.2 Å². The van der Waals surface area contributed by atoms with Gasteiger partial charge < -0.3 is 10.2 Å². The average Bonchev–Trinajstić information content (AvgIpc) is 2.92. The summed E-state index contributed by atoms with van der Waals surface area (Å²) in [6.45, 7) is 5.72. The van der Waals surface area contributed by atoms with Crippen molar-refractivity contribution in [3.63, 3.8) is 0 Å². The minimum absolute atomic E-state index is 0.0722. The SMILES string of the molecule is CCCCNC(=O)[C@@H](C)N(Cc1ccc(Cl)cc1)C(=O)CN(c1ccc(C)cc1)S(=O)(=O)c1ccccc1. The van der Waals surface area contributed by atoms with E-state index in [2.05, 4.69) is 5.32 Å². The van der Waals surface area contributed by atoms with E-state index < -0.39 is 28.5 Å². The highest BCUT2D eigenvalue weighted by molar-refractivity contribution is 7.92. The Morgan fingerprint density at radius 1 is 0.947 bits per heavy atom. The number of sulfonamides is 1. The minimum atomic E-state index is -4.07. The standard InChI is InChI=1S/C29H34ClN3O4S/c1-4-5-19-31-29(35)23(3)32(20-24-13-15-25(30)16-14-24)28(34)21-33(26-17-11-22(2)12-18-26)38(36,37)27-9-7-6-8-10-27/h6-18,23H,4-5,19-21H2,1-3H3,(H,31,35)/t23-/m1/s1. The van der Waals surface area contributed by atoms with Crippen LogP contribution in [0.5, 0.6) is 0 Å². The van der Waals surface area contributed by atoms with Gasteiger partial charge in [0.05, 0.1) is 10.6 Å². The molecule has 1 atom stereocenters. The first-order chi connectivity index (χ1) is 18.1. The van der Waals surface area contributed by atoms with Gasteiger partial charge in [0.15, 0.2) is 0 Å². The predicted octanol–water partition coefficient (Wildman–Crippen LogP) is 5.18. The topological polar surface area (TPSA) is 86.8 Å². The third kappa shape index (κ3) is 7.58. The molecule has 9 heteroatoms. The molecule has 0 radical (unpaired) electrons. The van der Waals surface area contributed by atoms with Gasteiger partial charge in [0.2, 0.25) is 11.8 Å². The highest BCUT2D eigenvalue weighted by Gasteiger charge is 2.32. The lowest BCUT2D eigenvalue weighted by molar-refractivity contribution is -0.139. The summed E-state index contributed by atoms with van der Waals surface area (Å²) in [5.41, 5.74) is 2.09. The van der Waals surface area contributed by atoms with Crippen LogP contribution in [0.15, 0.2) is 83.8 Å². The zero-order chi connectivity index (χ0) is 27.7. The molecule has 0 bridgehead atoms. The highest BCUT2D eigenvalue weighted by atomic mass is 35.5. The molecule has 0 saturated heterocycles. The summed E-state index contributed by atoms with van der Waals surface area (Å²) in [6.07, 6.45) is 1.74. The second kappa shape index (κ2) is 13.4. The van der Waals surface area contributed by atoms with Crippen molar-refractivity contribution >= 4 is 39.1 Å². The van der Waals surface area contributed by atoms with E-state index in [0.29, 0.717) is 17.3 Å². The molecule has 202 valence electrons. The van der Waals surface area contributed by atoms with Gasteiger partial charge in [-0.15, -0.1) is 0 Å². The number of carbonyl (C=O) groups excluding carboxylic acids is 2. The number of halogens is 1. The molecule has 0 spiro atoms. The van der Waals surface area contributed by atoms with Gasteiger partial charge in [-0.3, -0.25) is 13.9 Å². The second-order valence-corrected chi connectivity index (χ2v) is 11.4. The molecule has 0 unspecified atom stereocenters. The normalized spacial score (nSPS) is 12.0. The molecular formula is C29H34ClN3O4S. The summed E-state index contributed by atoms with van der Waals surface area (Å²) >= 11 is 6.03. The Morgan fingerprint density at radius 2 is 1.58 bits per heavy atom. The van der Waals surface area contributed by atoms with Gasteiger partial charge in [-0.1, -0.05) is 73.0 Å².